The highest BCUT2D eigenvalue weighted by atomic mass is 19.4. The first-order valence-electron chi connectivity index (χ1n) is 4.93. The van der Waals surface area contributed by atoms with E-state index in [0.717, 1.165) is 6.07 Å². The Hall–Kier alpha value is -1.89. The lowest BCUT2D eigenvalue weighted by molar-refractivity contribution is -0.140. The van der Waals surface area contributed by atoms with Gasteiger partial charge in [0.2, 0.25) is 0 Å². The standard InChI is InChI=1S/C11H8F4N2O/c12-8-2-1-6(5-7(8)11(13,14)15)9(18)10-16-3-4-17-10/h1-5,9,18H,(H,16,17). The number of aromatic amines is 1. The molecule has 0 saturated carbocycles. The van der Waals surface area contributed by atoms with Gasteiger partial charge in [-0.2, -0.15) is 13.2 Å². The minimum absolute atomic E-state index is 0.0846. The largest absolute Gasteiger partial charge is 0.419 e. The quantitative estimate of drug-likeness (QED) is 0.815. The number of aliphatic hydroxyl groups is 1. The number of halogens is 4. The molecule has 0 aliphatic rings. The van der Waals surface area contributed by atoms with Gasteiger partial charge < -0.3 is 10.1 Å². The molecular weight excluding hydrogens is 252 g/mol. The molecule has 0 amide bonds. The molecule has 1 heterocycles. The topological polar surface area (TPSA) is 48.9 Å². The molecule has 2 aromatic rings. The number of benzene rings is 1. The van der Waals surface area contributed by atoms with Gasteiger partial charge in [0, 0.05) is 12.4 Å². The molecular formula is C11H8F4N2O. The molecule has 0 aliphatic heterocycles. The lowest BCUT2D eigenvalue weighted by atomic mass is 10.0. The molecule has 18 heavy (non-hydrogen) atoms. The fraction of sp³-hybridized carbons (Fsp3) is 0.182. The van der Waals surface area contributed by atoms with Gasteiger partial charge in [-0.3, -0.25) is 0 Å². The van der Waals surface area contributed by atoms with Crippen molar-refractivity contribution in [2.45, 2.75) is 12.3 Å². The molecule has 3 nitrogen and oxygen atoms in total. The Bertz CT molecular complexity index is 536. The van der Waals surface area contributed by atoms with Crippen molar-refractivity contribution in [1.29, 1.82) is 0 Å². The van der Waals surface area contributed by atoms with Crippen molar-refractivity contribution >= 4 is 0 Å². The highest BCUT2D eigenvalue weighted by Crippen LogP contribution is 2.33. The summed E-state index contributed by atoms with van der Waals surface area (Å²) in [6.07, 6.45) is -3.38. The molecule has 1 aromatic heterocycles. The van der Waals surface area contributed by atoms with Gasteiger partial charge in [0.1, 0.15) is 17.7 Å². The zero-order valence-electron chi connectivity index (χ0n) is 8.87. The van der Waals surface area contributed by atoms with Crippen molar-refractivity contribution in [2.24, 2.45) is 0 Å². The van der Waals surface area contributed by atoms with Gasteiger partial charge in [0.05, 0.1) is 5.56 Å². The summed E-state index contributed by atoms with van der Waals surface area (Å²) in [4.78, 5) is 6.30. The Labute approximate surface area is 99.1 Å². The second kappa shape index (κ2) is 4.41. The van der Waals surface area contributed by atoms with E-state index < -0.39 is 23.7 Å². The minimum atomic E-state index is -4.80. The van der Waals surface area contributed by atoms with Gasteiger partial charge in [-0.15, -0.1) is 0 Å². The van der Waals surface area contributed by atoms with E-state index in [1.54, 1.807) is 0 Å². The van der Waals surface area contributed by atoms with Gasteiger partial charge in [-0.1, -0.05) is 6.07 Å². The number of H-pyrrole nitrogens is 1. The smallest absolute Gasteiger partial charge is 0.380 e. The zero-order valence-corrected chi connectivity index (χ0v) is 8.87. The third kappa shape index (κ3) is 2.35. The maximum Gasteiger partial charge on any atom is 0.419 e. The van der Waals surface area contributed by atoms with E-state index in [2.05, 4.69) is 9.97 Å². The van der Waals surface area contributed by atoms with Crippen LogP contribution in [-0.4, -0.2) is 15.1 Å². The summed E-state index contributed by atoms with van der Waals surface area (Å²) in [6, 6.07) is 2.32. The third-order valence-corrected chi connectivity index (χ3v) is 2.39. The van der Waals surface area contributed by atoms with Gasteiger partial charge in [-0.25, -0.2) is 9.37 Å². The van der Waals surface area contributed by atoms with Crippen LogP contribution in [0, 0.1) is 5.82 Å². The van der Waals surface area contributed by atoms with Gasteiger partial charge in [0.15, 0.2) is 0 Å². The lowest BCUT2D eigenvalue weighted by Gasteiger charge is -2.12. The maximum atomic E-state index is 13.0. The van der Waals surface area contributed by atoms with Crippen molar-refractivity contribution in [3.63, 3.8) is 0 Å². The summed E-state index contributed by atoms with van der Waals surface area (Å²) >= 11 is 0. The van der Waals surface area contributed by atoms with E-state index in [4.69, 9.17) is 0 Å². The fourth-order valence-corrected chi connectivity index (χ4v) is 1.52. The van der Waals surface area contributed by atoms with Crippen molar-refractivity contribution in [1.82, 2.24) is 9.97 Å². The summed E-state index contributed by atoms with van der Waals surface area (Å²) < 4.78 is 50.5. The number of aromatic nitrogens is 2. The fourth-order valence-electron chi connectivity index (χ4n) is 1.52. The maximum absolute atomic E-state index is 13.0. The number of nitrogens with zero attached hydrogens (tertiary/aromatic N) is 1. The first kappa shape index (κ1) is 12.6. The van der Waals surface area contributed by atoms with Crippen molar-refractivity contribution in [3.8, 4) is 0 Å². The van der Waals surface area contributed by atoms with Crippen LogP contribution in [-0.2, 0) is 6.18 Å². The Balaban J connectivity index is 2.42. The molecule has 1 aromatic carbocycles. The van der Waals surface area contributed by atoms with E-state index >= 15 is 0 Å². The molecule has 0 spiro atoms. The van der Waals surface area contributed by atoms with E-state index in [9.17, 15) is 22.7 Å². The summed E-state index contributed by atoms with van der Waals surface area (Å²) in [5, 5.41) is 9.78. The summed E-state index contributed by atoms with van der Waals surface area (Å²) in [5.74, 6) is -1.28. The number of imidazole rings is 1. The number of hydrogen-bond donors (Lipinski definition) is 2. The lowest BCUT2D eigenvalue weighted by Crippen LogP contribution is -2.10. The van der Waals surface area contributed by atoms with Crippen LogP contribution in [0.3, 0.4) is 0 Å². The number of alkyl halides is 3. The van der Waals surface area contributed by atoms with E-state index in [0.29, 0.717) is 12.1 Å². The molecule has 1 unspecified atom stereocenters. The van der Waals surface area contributed by atoms with E-state index in [1.807, 2.05) is 0 Å². The molecule has 0 radical (unpaired) electrons. The summed E-state index contributed by atoms with van der Waals surface area (Å²) in [7, 11) is 0. The van der Waals surface area contributed by atoms with Gasteiger partial charge in [-0.05, 0) is 17.7 Å². The Morgan fingerprint density at radius 1 is 1.28 bits per heavy atom. The molecule has 7 heteroatoms. The van der Waals surface area contributed by atoms with Crippen molar-refractivity contribution in [3.05, 3.63) is 53.4 Å². The van der Waals surface area contributed by atoms with E-state index in [1.165, 1.54) is 12.4 Å². The molecule has 2 rings (SSSR count). The van der Waals surface area contributed by atoms with Crippen LogP contribution in [0.4, 0.5) is 17.6 Å². The molecule has 1 atom stereocenters. The zero-order chi connectivity index (χ0) is 13.3. The van der Waals surface area contributed by atoms with Crippen LogP contribution in [0.5, 0.6) is 0 Å². The second-order valence-electron chi connectivity index (χ2n) is 3.61. The number of aliphatic hydroxyl groups excluding tert-OH is 1. The number of rotatable bonds is 2. The Morgan fingerprint density at radius 3 is 2.56 bits per heavy atom. The molecule has 96 valence electrons. The normalized spacial score (nSPS) is 13.6. The number of nitrogens with one attached hydrogen (secondary N) is 1. The van der Waals surface area contributed by atoms with Crippen LogP contribution in [0.15, 0.2) is 30.6 Å². The highest BCUT2D eigenvalue weighted by molar-refractivity contribution is 5.31. The van der Waals surface area contributed by atoms with Crippen LogP contribution in [0.2, 0.25) is 0 Å². The second-order valence-corrected chi connectivity index (χ2v) is 3.61. The van der Waals surface area contributed by atoms with Crippen molar-refractivity contribution < 1.29 is 22.7 Å². The van der Waals surface area contributed by atoms with Gasteiger partial charge in [0.25, 0.3) is 0 Å². The monoisotopic (exact) mass is 260 g/mol. The molecule has 2 N–H and O–H groups in total. The first-order chi connectivity index (χ1) is 8.39. The van der Waals surface area contributed by atoms with E-state index in [-0.39, 0.29) is 11.4 Å². The molecule has 0 fully saturated rings. The predicted octanol–water partition coefficient (Wildman–Crippen LogP) is 2.65. The Morgan fingerprint density at radius 2 is 2.00 bits per heavy atom. The SMILES string of the molecule is OC(c1ccc(F)c(C(F)(F)F)c1)c1ncc[nH]1. The van der Waals surface area contributed by atoms with Crippen LogP contribution in [0.25, 0.3) is 0 Å². The predicted molar refractivity (Wildman–Crippen MR) is 54.1 cm³/mol. The molecule has 0 bridgehead atoms. The Kier molecular flexibility index (Phi) is 3.08. The summed E-state index contributed by atoms with van der Waals surface area (Å²) in [6.45, 7) is 0. The van der Waals surface area contributed by atoms with Gasteiger partial charge >= 0.3 is 6.18 Å². The van der Waals surface area contributed by atoms with Crippen LogP contribution >= 0.6 is 0 Å². The molecule has 0 aliphatic carbocycles. The minimum Gasteiger partial charge on any atom is -0.380 e. The number of hydrogen-bond acceptors (Lipinski definition) is 2. The highest BCUT2D eigenvalue weighted by Gasteiger charge is 2.34. The average Bonchev–Trinajstić information content (AvgIpc) is 2.80. The van der Waals surface area contributed by atoms with Crippen LogP contribution in [0.1, 0.15) is 23.1 Å². The summed E-state index contributed by atoms with van der Waals surface area (Å²) in [5.41, 5.74) is -1.50. The van der Waals surface area contributed by atoms with Crippen molar-refractivity contribution in [2.75, 3.05) is 0 Å². The first-order valence-corrected chi connectivity index (χ1v) is 4.93. The van der Waals surface area contributed by atoms with Crippen LogP contribution < -0.4 is 0 Å². The molecule has 0 saturated heterocycles. The third-order valence-electron chi connectivity index (χ3n) is 2.39. The average molecular weight is 260 g/mol.